The highest BCUT2D eigenvalue weighted by molar-refractivity contribution is 6.06. The minimum atomic E-state index is -0.571. The van der Waals surface area contributed by atoms with Gasteiger partial charge in [-0.05, 0) is 36.5 Å². The van der Waals surface area contributed by atoms with Crippen LogP contribution < -0.4 is 5.73 Å². The Bertz CT molecular complexity index is 1250. The Kier molecular flexibility index (Phi) is 4.00. The van der Waals surface area contributed by atoms with E-state index < -0.39 is 5.91 Å². The number of carbonyl (C=O) groups is 1. The molecule has 0 atom stereocenters. The van der Waals surface area contributed by atoms with Crippen LogP contribution in [-0.4, -0.2) is 15.9 Å². The van der Waals surface area contributed by atoms with Crippen LogP contribution in [0.3, 0.4) is 0 Å². The SMILES string of the molecule is Cc1c(-c2nc(C(N)=O)c3c(C(C)(C)C)ccc(C)c3n2)oc2ccccc12. The fourth-order valence-corrected chi connectivity index (χ4v) is 3.66. The van der Waals surface area contributed by atoms with E-state index in [0.717, 1.165) is 38.6 Å². The lowest BCUT2D eigenvalue weighted by molar-refractivity contribution is 0.0997. The van der Waals surface area contributed by atoms with Crippen LogP contribution in [-0.2, 0) is 5.41 Å². The smallest absolute Gasteiger partial charge is 0.268 e. The molecule has 142 valence electrons. The van der Waals surface area contributed by atoms with Gasteiger partial charge in [0.1, 0.15) is 11.3 Å². The molecule has 0 saturated carbocycles. The lowest BCUT2D eigenvalue weighted by atomic mass is 9.83. The molecular formula is C23H23N3O2. The number of nitrogens with two attached hydrogens (primary N) is 1. The molecule has 0 aliphatic carbocycles. The first-order valence-electron chi connectivity index (χ1n) is 9.28. The van der Waals surface area contributed by atoms with E-state index in [0.29, 0.717) is 11.6 Å². The van der Waals surface area contributed by atoms with Gasteiger partial charge in [0, 0.05) is 16.3 Å². The quantitative estimate of drug-likeness (QED) is 0.533. The number of carbonyl (C=O) groups excluding carboxylic acids is 1. The molecular weight excluding hydrogens is 350 g/mol. The second-order valence-corrected chi connectivity index (χ2v) is 8.22. The van der Waals surface area contributed by atoms with E-state index in [1.807, 2.05) is 50.2 Å². The fourth-order valence-electron chi connectivity index (χ4n) is 3.66. The maximum absolute atomic E-state index is 12.3. The normalized spacial score (nSPS) is 12.0. The molecule has 0 bridgehead atoms. The van der Waals surface area contributed by atoms with Gasteiger partial charge in [0.15, 0.2) is 11.6 Å². The number of hydrogen-bond donors (Lipinski definition) is 1. The van der Waals surface area contributed by atoms with Gasteiger partial charge in [-0.15, -0.1) is 0 Å². The minimum Gasteiger partial charge on any atom is -0.452 e. The van der Waals surface area contributed by atoms with Crippen LogP contribution in [0, 0.1) is 13.8 Å². The summed E-state index contributed by atoms with van der Waals surface area (Å²) >= 11 is 0. The fraction of sp³-hybridized carbons (Fsp3) is 0.261. The lowest BCUT2D eigenvalue weighted by Crippen LogP contribution is -2.19. The Labute approximate surface area is 163 Å². The van der Waals surface area contributed by atoms with Crippen molar-refractivity contribution in [2.45, 2.75) is 40.0 Å². The van der Waals surface area contributed by atoms with Crippen molar-refractivity contribution in [3.63, 3.8) is 0 Å². The molecule has 0 unspecified atom stereocenters. The van der Waals surface area contributed by atoms with Gasteiger partial charge < -0.3 is 10.2 Å². The van der Waals surface area contributed by atoms with Crippen LogP contribution in [0.2, 0.25) is 0 Å². The minimum absolute atomic E-state index is 0.184. The lowest BCUT2D eigenvalue weighted by Gasteiger charge is -2.23. The molecule has 5 heteroatoms. The molecule has 0 aliphatic rings. The Morgan fingerprint density at radius 2 is 1.75 bits per heavy atom. The number of rotatable bonds is 2. The van der Waals surface area contributed by atoms with E-state index in [-0.39, 0.29) is 11.1 Å². The number of para-hydroxylation sites is 1. The van der Waals surface area contributed by atoms with Crippen molar-refractivity contribution in [2.24, 2.45) is 5.73 Å². The standard InChI is InChI=1S/C23H23N3O2/c1-12-10-11-15(23(3,4)5)17-18(12)25-22(26-19(17)21(24)27)20-13(2)14-8-6-7-9-16(14)28-20/h6-11H,1-5H3,(H2,24,27). The Hall–Kier alpha value is -3.21. The van der Waals surface area contributed by atoms with Gasteiger partial charge in [-0.25, -0.2) is 9.97 Å². The van der Waals surface area contributed by atoms with Crippen molar-refractivity contribution < 1.29 is 9.21 Å². The summed E-state index contributed by atoms with van der Waals surface area (Å²) in [6, 6.07) is 11.8. The molecule has 4 aromatic rings. The number of amides is 1. The van der Waals surface area contributed by atoms with Crippen LogP contribution in [0.1, 0.15) is 48.0 Å². The summed E-state index contributed by atoms with van der Waals surface area (Å²) in [4.78, 5) is 21.7. The second kappa shape index (κ2) is 6.16. The number of primary amides is 1. The first-order valence-corrected chi connectivity index (χ1v) is 9.28. The third-order valence-corrected chi connectivity index (χ3v) is 5.14. The number of fused-ring (bicyclic) bond motifs is 2. The summed E-state index contributed by atoms with van der Waals surface area (Å²) in [5.74, 6) is 0.369. The van der Waals surface area contributed by atoms with Crippen molar-refractivity contribution in [1.82, 2.24) is 9.97 Å². The van der Waals surface area contributed by atoms with E-state index in [9.17, 15) is 4.79 Å². The highest BCUT2D eigenvalue weighted by Gasteiger charge is 2.25. The Morgan fingerprint density at radius 1 is 1.04 bits per heavy atom. The van der Waals surface area contributed by atoms with E-state index in [1.54, 1.807) is 0 Å². The first-order chi connectivity index (χ1) is 13.2. The van der Waals surface area contributed by atoms with Crippen LogP contribution in [0.25, 0.3) is 33.5 Å². The summed E-state index contributed by atoms with van der Waals surface area (Å²) in [7, 11) is 0. The molecule has 5 nitrogen and oxygen atoms in total. The molecule has 1 amide bonds. The molecule has 0 saturated heterocycles. The molecule has 0 spiro atoms. The van der Waals surface area contributed by atoms with Gasteiger partial charge in [-0.2, -0.15) is 0 Å². The van der Waals surface area contributed by atoms with Gasteiger partial charge in [-0.1, -0.05) is 51.1 Å². The Morgan fingerprint density at radius 3 is 2.39 bits per heavy atom. The molecule has 0 radical (unpaired) electrons. The van der Waals surface area contributed by atoms with Gasteiger partial charge in [-0.3, -0.25) is 4.79 Å². The average Bonchev–Trinajstić information content (AvgIpc) is 2.97. The predicted octanol–water partition coefficient (Wildman–Crippen LogP) is 5.06. The maximum atomic E-state index is 12.3. The van der Waals surface area contributed by atoms with Crippen molar-refractivity contribution in [1.29, 1.82) is 0 Å². The summed E-state index contributed by atoms with van der Waals surface area (Å²) < 4.78 is 6.03. The largest absolute Gasteiger partial charge is 0.452 e. The molecule has 2 heterocycles. The number of nitrogens with zero attached hydrogens (tertiary/aromatic N) is 2. The number of aromatic nitrogens is 2. The third kappa shape index (κ3) is 2.74. The van der Waals surface area contributed by atoms with E-state index in [4.69, 9.17) is 15.1 Å². The van der Waals surface area contributed by atoms with Crippen molar-refractivity contribution >= 4 is 27.8 Å². The summed E-state index contributed by atoms with van der Waals surface area (Å²) in [5, 5.41) is 1.72. The van der Waals surface area contributed by atoms with E-state index in [1.165, 1.54) is 0 Å². The molecule has 28 heavy (non-hydrogen) atoms. The molecule has 2 N–H and O–H groups in total. The van der Waals surface area contributed by atoms with Crippen LogP contribution in [0.15, 0.2) is 40.8 Å². The molecule has 2 aromatic heterocycles. The Balaban J connectivity index is 2.11. The van der Waals surface area contributed by atoms with E-state index >= 15 is 0 Å². The predicted molar refractivity (Wildman–Crippen MR) is 111 cm³/mol. The number of aryl methyl sites for hydroxylation is 2. The number of benzene rings is 2. The molecule has 4 rings (SSSR count). The van der Waals surface area contributed by atoms with Crippen molar-refractivity contribution in [3.8, 4) is 11.6 Å². The molecule has 0 aliphatic heterocycles. The zero-order valence-electron chi connectivity index (χ0n) is 16.8. The topological polar surface area (TPSA) is 82.0 Å². The number of hydrogen-bond acceptors (Lipinski definition) is 4. The van der Waals surface area contributed by atoms with Gasteiger partial charge in [0.2, 0.25) is 0 Å². The summed E-state index contributed by atoms with van der Waals surface area (Å²) in [5.41, 5.74) is 10.2. The molecule has 0 fully saturated rings. The van der Waals surface area contributed by atoms with Crippen LogP contribution in [0.4, 0.5) is 0 Å². The maximum Gasteiger partial charge on any atom is 0.268 e. The zero-order valence-corrected chi connectivity index (χ0v) is 16.8. The second-order valence-electron chi connectivity index (χ2n) is 8.22. The van der Waals surface area contributed by atoms with Crippen molar-refractivity contribution in [3.05, 3.63) is 58.8 Å². The van der Waals surface area contributed by atoms with Gasteiger partial charge >= 0.3 is 0 Å². The number of furan rings is 1. The van der Waals surface area contributed by atoms with Gasteiger partial charge in [0.25, 0.3) is 5.91 Å². The van der Waals surface area contributed by atoms with Crippen molar-refractivity contribution in [2.75, 3.05) is 0 Å². The highest BCUT2D eigenvalue weighted by Crippen LogP contribution is 2.36. The third-order valence-electron chi connectivity index (χ3n) is 5.14. The van der Waals surface area contributed by atoms with Gasteiger partial charge in [0.05, 0.1) is 5.52 Å². The van der Waals surface area contributed by atoms with E-state index in [2.05, 4.69) is 25.8 Å². The average molecular weight is 373 g/mol. The summed E-state index contributed by atoms with van der Waals surface area (Å²) in [6.45, 7) is 10.2. The summed E-state index contributed by atoms with van der Waals surface area (Å²) in [6.07, 6.45) is 0. The van der Waals surface area contributed by atoms with Crippen LogP contribution in [0.5, 0.6) is 0 Å². The first kappa shape index (κ1) is 18.2. The highest BCUT2D eigenvalue weighted by atomic mass is 16.3. The van der Waals surface area contributed by atoms with Crippen LogP contribution >= 0.6 is 0 Å². The zero-order chi connectivity index (χ0) is 20.2. The molecule has 2 aromatic carbocycles. The monoisotopic (exact) mass is 373 g/mol.